The molecule has 0 bridgehead atoms. The molecule has 5 aliphatic rings. The Morgan fingerprint density at radius 2 is 1.85 bits per heavy atom. The fraction of sp³-hybridized carbons (Fsp3) is 0.625. The summed E-state index contributed by atoms with van der Waals surface area (Å²) in [5, 5.41) is 11.8. The summed E-state index contributed by atoms with van der Waals surface area (Å²) in [4.78, 5) is 28.1. The lowest BCUT2D eigenvalue weighted by Gasteiger charge is -2.68. The molecule has 4 aliphatic carbocycles. The van der Waals surface area contributed by atoms with Crippen molar-refractivity contribution in [2.75, 3.05) is 19.8 Å². The van der Waals surface area contributed by atoms with E-state index in [0.29, 0.717) is 32.5 Å². The van der Waals surface area contributed by atoms with E-state index in [1.807, 2.05) is 13.8 Å². The number of aliphatic hydroxyl groups is 1. The molecule has 1 aromatic carbocycles. The van der Waals surface area contributed by atoms with Crippen LogP contribution in [0, 0.1) is 45.2 Å². The highest BCUT2D eigenvalue weighted by atomic mass is 19.1. The number of carbonyl (C=O) groups is 2. The van der Waals surface area contributed by atoms with Crippen molar-refractivity contribution in [1.82, 2.24) is 4.90 Å². The minimum absolute atomic E-state index is 0.0438. The summed E-state index contributed by atoms with van der Waals surface area (Å²) < 4.78 is 45.7. The lowest BCUT2D eigenvalue weighted by atomic mass is 9.38. The van der Waals surface area contributed by atoms with E-state index in [1.54, 1.807) is 25.1 Å². The van der Waals surface area contributed by atoms with Crippen LogP contribution in [0.15, 0.2) is 48.1 Å². The normalized spacial score (nSPS) is 46.8. The van der Waals surface area contributed by atoms with Crippen LogP contribution in [0.2, 0.25) is 0 Å². The van der Waals surface area contributed by atoms with Crippen LogP contribution in [0.4, 0.5) is 13.2 Å². The first-order valence-corrected chi connectivity index (χ1v) is 14.1. The summed E-state index contributed by atoms with van der Waals surface area (Å²) in [6, 6.07) is 6.26. The number of carbonyl (C=O) groups excluding carboxylic acids is 2. The maximum Gasteiger partial charge on any atom is 0.178 e. The van der Waals surface area contributed by atoms with Gasteiger partial charge in [0.2, 0.25) is 0 Å². The van der Waals surface area contributed by atoms with Crippen LogP contribution >= 0.6 is 0 Å². The zero-order valence-corrected chi connectivity index (χ0v) is 23.1. The summed E-state index contributed by atoms with van der Waals surface area (Å²) in [7, 11) is 0. The second kappa shape index (κ2) is 8.39. The van der Waals surface area contributed by atoms with Crippen molar-refractivity contribution in [3.05, 3.63) is 59.4 Å². The van der Waals surface area contributed by atoms with Gasteiger partial charge in [-0.15, -0.1) is 0 Å². The number of hydrogen-bond donors (Lipinski definition) is 1. The fourth-order valence-corrected chi connectivity index (χ4v) is 10.3. The van der Waals surface area contributed by atoms with E-state index in [-0.39, 0.29) is 29.9 Å². The number of rotatable bonds is 4. The number of halogens is 3. The Kier molecular flexibility index (Phi) is 5.79. The molecule has 39 heavy (non-hydrogen) atoms. The van der Waals surface area contributed by atoms with Crippen molar-refractivity contribution in [3.8, 4) is 0 Å². The minimum Gasteiger partial charge on any atom is -0.390 e. The third-order valence-electron chi connectivity index (χ3n) is 12.3. The van der Waals surface area contributed by atoms with E-state index in [4.69, 9.17) is 0 Å². The molecule has 4 fully saturated rings. The predicted molar refractivity (Wildman–Crippen MR) is 141 cm³/mol. The highest BCUT2D eigenvalue weighted by molar-refractivity contribution is 6.01. The molecule has 9 atom stereocenters. The Bertz CT molecular complexity index is 1290. The Hall–Kier alpha value is -2.25. The fourth-order valence-electron chi connectivity index (χ4n) is 10.3. The summed E-state index contributed by atoms with van der Waals surface area (Å²) in [6.07, 6.45) is 4.27. The number of likely N-dealkylation sites (tertiary alicyclic amines) is 1. The second-order valence-electron chi connectivity index (χ2n) is 13.7. The number of alkyl halides is 2. The molecule has 7 heteroatoms. The van der Waals surface area contributed by atoms with Gasteiger partial charge in [0.1, 0.15) is 12.5 Å². The van der Waals surface area contributed by atoms with Gasteiger partial charge in [0.05, 0.1) is 11.5 Å². The van der Waals surface area contributed by atoms with Crippen molar-refractivity contribution in [2.45, 2.75) is 65.3 Å². The monoisotopic (exact) mass is 541 g/mol. The first kappa shape index (κ1) is 26.9. The van der Waals surface area contributed by atoms with E-state index >= 15 is 4.39 Å². The number of allylic oxidation sites excluding steroid dienone is 4. The van der Waals surface area contributed by atoms with E-state index in [0.717, 1.165) is 11.1 Å². The number of hydrogen-bond acceptors (Lipinski definition) is 4. The molecule has 0 radical (unpaired) electrons. The van der Waals surface area contributed by atoms with Crippen molar-refractivity contribution in [3.63, 3.8) is 0 Å². The molecule has 1 saturated heterocycles. The standard InChI is InChI=1S/C32H38F3NO3/c1-19-11-25-29(3)13-21-17-36(16-20-5-7-22(34)8-6-20)18-31(21,27(39)15-33)30(29,4)14-26(38)32(25,35)28(2)10-9-23(37)12-24(19)28/h5-10,12,19,21,25-26,38H,11,13-18H2,1-4H3. The topological polar surface area (TPSA) is 57.6 Å². The van der Waals surface area contributed by atoms with E-state index < -0.39 is 51.8 Å². The van der Waals surface area contributed by atoms with Crippen molar-refractivity contribution < 1.29 is 27.9 Å². The molecule has 9 unspecified atom stereocenters. The van der Waals surface area contributed by atoms with Crippen molar-refractivity contribution in [1.29, 1.82) is 0 Å². The summed E-state index contributed by atoms with van der Waals surface area (Å²) >= 11 is 0. The first-order chi connectivity index (χ1) is 18.3. The molecule has 1 heterocycles. The first-order valence-electron chi connectivity index (χ1n) is 14.1. The second-order valence-corrected chi connectivity index (χ2v) is 13.7. The summed E-state index contributed by atoms with van der Waals surface area (Å²) in [5.74, 6) is -1.78. The zero-order chi connectivity index (χ0) is 28.2. The smallest absolute Gasteiger partial charge is 0.178 e. The number of aliphatic hydroxyl groups excluding tert-OH is 1. The average molecular weight is 542 g/mol. The maximum atomic E-state index is 17.8. The number of fused-ring (bicyclic) bond motifs is 7. The third-order valence-corrected chi connectivity index (χ3v) is 12.3. The zero-order valence-electron chi connectivity index (χ0n) is 23.1. The molecule has 6 rings (SSSR count). The molecule has 0 spiro atoms. The lowest BCUT2D eigenvalue weighted by molar-refractivity contribution is -0.241. The SMILES string of the molecule is CC1CC2C3(C)CC4CN(Cc5ccc(F)cc5)CC4(C(=O)CF)C3(C)CC(O)C2(F)C2(C)C=CC(=O)C=C12. The van der Waals surface area contributed by atoms with Gasteiger partial charge in [0, 0.05) is 31.0 Å². The van der Waals surface area contributed by atoms with E-state index in [2.05, 4.69) is 11.8 Å². The van der Waals surface area contributed by atoms with E-state index in [9.17, 15) is 23.5 Å². The van der Waals surface area contributed by atoms with Gasteiger partial charge < -0.3 is 5.11 Å². The lowest BCUT2D eigenvalue weighted by Crippen LogP contribution is -2.72. The molecule has 1 aliphatic heterocycles. The van der Waals surface area contributed by atoms with Crippen LogP contribution in [0.5, 0.6) is 0 Å². The maximum absolute atomic E-state index is 17.8. The summed E-state index contributed by atoms with van der Waals surface area (Å²) in [5.41, 5.74) is -4.10. The van der Waals surface area contributed by atoms with Gasteiger partial charge in [0.25, 0.3) is 0 Å². The molecular weight excluding hydrogens is 503 g/mol. The van der Waals surface area contributed by atoms with E-state index in [1.165, 1.54) is 24.3 Å². The Morgan fingerprint density at radius 1 is 1.15 bits per heavy atom. The molecule has 1 N–H and O–H groups in total. The quantitative estimate of drug-likeness (QED) is 0.555. The van der Waals surface area contributed by atoms with Gasteiger partial charge in [0.15, 0.2) is 17.2 Å². The van der Waals surface area contributed by atoms with Crippen molar-refractivity contribution in [2.24, 2.45) is 39.4 Å². The number of ketones is 2. The highest BCUT2D eigenvalue weighted by Crippen LogP contribution is 2.79. The minimum atomic E-state index is -2.02. The Morgan fingerprint density at radius 3 is 2.51 bits per heavy atom. The van der Waals surface area contributed by atoms with Crippen LogP contribution in [0.3, 0.4) is 0 Å². The van der Waals surface area contributed by atoms with Crippen LogP contribution in [0.25, 0.3) is 0 Å². The van der Waals surface area contributed by atoms with Crippen LogP contribution in [-0.4, -0.2) is 53.1 Å². The van der Waals surface area contributed by atoms with Gasteiger partial charge in [-0.2, -0.15) is 0 Å². The van der Waals surface area contributed by atoms with Gasteiger partial charge >= 0.3 is 0 Å². The average Bonchev–Trinajstić information content (AvgIpc) is 3.33. The van der Waals surface area contributed by atoms with Crippen molar-refractivity contribution >= 4 is 11.6 Å². The molecule has 4 nitrogen and oxygen atoms in total. The van der Waals surface area contributed by atoms with Crippen LogP contribution in [-0.2, 0) is 16.1 Å². The molecule has 1 aromatic rings. The largest absolute Gasteiger partial charge is 0.390 e. The number of Topliss-reactive ketones (excluding diaryl/α,β-unsaturated/α-hetero) is 1. The molecule has 210 valence electrons. The van der Waals surface area contributed by atoms with Gasteiger partial charge in [-0.25, -0.2) is 13.2 Å². The number of nitrogens with zero attached hydrogens (tertiary/aromatic N) is 1. The molecular formula is C32H38F3NO3. The Balaban J connectivity index is 1.43. The predicted octanol–water partition coefficient (Wildman–Crippen LogP) is 5.40. The molecule has 3 saturated carbocycles. The van der Waals surface area contributed by atoms with Gasteiger partial charge in [-0.05, 0) is 78.7 Å². The molecule has 0 aromatic heterocycles. The van der Waals surface area contributed by atoms with Crippen LogP contribution in [0.1, 0.15) is 52.5 Å². The van der Waals surface area contributed by atoms with Crippen LogP contribution < -0.4 is 0 Å². The third kappa shape index (κ3) is 3.15. The van der Waals surface area contributed by atoms with Gasteiger partial charge in [-0.1, -0.05) is 44.6 Å². The highest BCUT2D eigenvalue weighted by Gasteiger charge is 2.81. The Labute approximate surface area is 228 Å². The van der Waals surface area contributed by atoms with Gasteiger partial charge in [-0.3, -0.25) is 14.5 Å². The summed E-state index contributed by atoms with van der Waals surface area (Å²) in [6.45, 7) is 8.16. The number of benzene rings is 1. The molecule has 0 amide bonds.